The summed E-state index contributed by atoms with van der Waals surface area (Å²) in [5.41, 5.74) is 0.286. The Morgan fingerprint density at radius 1 is 1.41 bits per heavy atom. The number of halogens is 3. The third kappa shape index (κ3) is 6.43. The van der Waals surface area contributed by atoms with Crippen molar-refractivity contribution in [3.8, 4) is 0 Å². The molecule has 0 radical (unpaired) electrons. The van der Waals surface area contributed by atoms with E-state index in [0.29, 0.717) is 6.07 Å². The van der Waals surface area contributed by atoms with Crippen LogP contribution in [0.5, 0.6) is 0 Å². The molecule has 0 saturated heterocycles. The van der Waals surface area contributed by atoms with E-state index < -0.39 is 22.1 Å². The summed E-state index contributed by atoms with van der Waals surface area (Å²) in [5.74, 6) is -0.165. The fraction of sp³-hybridized carbons (Fsp3) is 0.273. The lowest BCUT2D eigenvalue weighted by molar-refractivity contribution is -0.141. The molecule has 2 aromatic rings. The van der Waals surface area contributed by atoms with Crippen LogP contribution in [0.1, 0.15) is 11.4 Å². The van der Waals surface area contributed by atoms with Crippen LogP contribution >= 0.6 is 11.8 Å². The summed E-state index contributed by atoms with van der Waals surface area (Å²) in [6.07, 6.45) is -3.75. The molecule has 0 unspecified atom stereocenters. The third-order valence-corrected chi connectivity index (χ3v) is 4.26. The highest BCUT2D eigenvalue weighted by atomic mass is 32.2. The number of amidine groups is 1. The summed E-state index contributed by atoms with van der Waals surface area (Å²) in [6, 6.07) is 1.86. The fourth-order valence-corrected chi connectivity index (χ4v) is 2.93. The van der Waals surface area contributed by atoms with E-state index in [0.717, 1.165) is 18.0 Å². The van der Waals surface area contributed by atoms with E-state index >= 15 is 0 Å². The zero-order chi connectivity index (χ0) is 20.1. The maximum absolute atomic E-state index is 12.7. The number of pyridine rings is 1. The quantitative estimate of drug-likeness (QED) is 0.161. The van der Waals surface area contributed by atoms with Crippen molar-refractivity contribution in [3.05, 3.63) is 29.7 Å². The van der Waals surface area contributed by atoms with Gasteiger partial charge in [-0.3, -0.25) is 15.7 Å². The van der Waals surface area contributed by atoms with Gasteiger partial charge < -0.3 is 0 Å². The number of rotatable bonds is 7. The van der Waals surface area contributed by atoms with E-state index in [1.165, 1.54) is 6.07 Å². The Labute approximate surface area is 154 Å². The highest BCUT2D eigenvalue weighted by Crippen LogP contribution is 2.30. The molecule has 0 fully saturated rings. The number of nitrogens with one attached hydrogen (secondary N) is 2. The van der Waals surface area contributed by atoms with E-state index in [2.05, 4.69) is 24.9 Å². The molecule has 0 aliphatic rings. The minimum absolute atomic E-state index is 0.0336. The molecule has 0 aromatic carbocycles. The molecule has 2 aromatic heterocycles. The van der Waals surface area contributed by atoms with E-state index in [9.17, 15) is 26.8 Å². The molecule has 0 aliphatic heterocycles. The molecular formula is C11H12F3N7O4S2. The van der Waals surface area contributed by atoms with Crippen molar-refractivity contribution in [2.45, 2.75) is 11.2 Å². The first-order valence-corrected chi connectivity index (χ1v) is 9.38. The van der Waals surface area contributed by atoms with Crippen molar-refractivity contribution in [2.75, 3.05) is 12.3 Å². The number of hydrogen-bond donors (Lipinski definition) is 4. The van der Waals surface area contributed by atoms with Crippen LogP contribution < -0.4 is 15.3 Å². The van der Waals surface area contributed by atoms with Crippen molar-refractivity contribution >= 4 is 33.5 Å². The lowest BCUT2D eigenvalue weighted by Gasteiger charge is -2.06. The third-order valence-electron chi connectivity index (χ3n) is 2.71. The fourth-order valence-electron chi connectivity index (χ4n) is 1.66. The van der Waals surface area contributed by atoms with Gasteiger partial charge in [0.2, 0.25) is 0 Å². The predicted octanol–water partition coefficient (Wildman–Crippen LogP) is 0.426. The molecule has 2 rings (SSSR count). The summed E-state index contributed by atoms with van der Waals surface area (Å²) in [4.78, 5) is 7.03. The van der Waals surface area contributed by atoms with Crippen molar-refractivity contribution in [3.63, 3.8) is 0 Å². The molecular weight excluding hydrogens is 415 g/mol. The van der Waals surface area contributed by atoms with Crippen molar-refractivity contribution in [1.82, 2.24) is 25.5 Å². The molecule has 0 aliphatic carbocycles. The number of hydroxylamine groups is 1. The van der Waals surface area contributed by atoms with Gasteiger partial charge in [0.1, 0.15) is 5.69 Å². The van der Waals surface area contributed by atoms with Crippen LogP contribution in [-0.2, 0) is 16.4 Å². The summed E-state index contributed by atoms with van der Waals surface area (Å²) in [5, 5.41) is 21.2. The second kappa shape index (κ2) is 8.61. The highest BCUT2D eigenvalue weighted by molar-refractivity contribution is 7.99. The van der Waals surface area contributed by atoms with Crippen LogP contribution in [0.3, 0.4) is 0 Å². The Morgan fingerprint density at radius 2 is 2.15 bits per heavy atom. The predicted molar refractivity (Wildman–Crippen MR) is 86.5 cm³/mol. The number of thioether (sulfide) groups is 1. The number of nitrogens with zero attached hydrogens (tertiary/aromatic N) is 4. The van der Waals surface area contributed by atoms with E-state index in [1.807, 2.05) is 4.72 Å². The van der Waals surface area contributed by atoms with Gasteiger partial charge in [0.05, 0.1) is 5.69 Å². The van der Waals surface area contributed by atoms with E-state index in [1.54, 1.807) is 5.48 Å². The van der Waals surface area contributed by atoms with Gasteiger partial charge in [0.15, 0.2) is 16.6 Å². The van der Waals surface area contributed by atoms with Crippen LogP contribution in [0.4, 0.5) is 18.9 Å². The van der Waals surface area contributed by atoms with Crippen LogP contribution in [0.25, 0.3) is 0 Å². The SMILES string of the molecule is NS(=O)(=O)NCCSc1nonc1C(=Nc1ccnc(C(F)(F)F)c1)NO. The molecule has 148 valence electrons. The Kier molecular flexibility index (Phi) is 6.71. The van der Waals surface area contributed by atoms with Crippen LogP contribution in [0.15, 0.2) is 33.0 Å². The Morgan fingerprint density at radius 3 is 2.78 bits per heavy atom. The van der Waals surface area contributed by atoms with Crippen LogP contribution in [0.2, 0.25) is 0 Å². The molecule has 0 amide bonds. The summed E-state index contributed by atoms with van der Waals surface area (Å²) >= 11 is 0.982. The molecule has 0 saturated carbocycles. The number of alkyl halides is 3. The van der Waals surface area contributed by atoms with Gasteiger partial charge in [-0.05, 0) is 22.4 Å². The second-order valence-corrected chi connectivity index (χ2v) is 7.14. The number of hydrogen-bond acceptors (Lipinski definition) is 9. The number of aromatic nitrogens is 3. The van der Waals surface area contributed by atoms with E-state index in [-0.39, 0.29) is 34.5 Å². The van der Waals surface area contributed by atoms with Gasteiger partial charge in [-0.25, -0.2) is 19.5 Å². The monoisotopic (exact) mass is 427 g/mol. The smallest absolute Gasteiger partial charge is 0.290 e. The largest absolute Gasteiger partial charge is 0.433 e. The number of aliphatic imine (C=N–C) groups is 1. The van der Waals surface area contributed by atoms with Crippen LogP contribution in [-0.4, -0.2) is 47.1 Å². The molecule has 0 spiro atoms. The zero-order valence-corrected chi connectivity index (χ0v) is 14.8. The maximum Gasteiger partial charge on any atom is 0.433 e. The first-order chi connectivity index (χ1) is 12.6. The molecule has 2 heterocycles. The molecule has 27 heavy (non-hydrogen) atoms. The minimum Gasteiger partial charge on any atom is -0.290 e. The Bertz CT molecular complexity index is 917. The van der Waals surface area contributed by atoms with Gasteiger partial charge in [-0.2, -0.15) is 21.6 Å². The summed E-state index contributed by atoms with van der Waals surface area (Å²) < 4.78 is 66.3. The maximum atomic E-state index is 12.7. The lowest BCUT2D eigenvalue weighted by atomic mass is 10.3. The Hall–Kier alpha value is -2.27. The van der Waals surface area contributed by atoms with Crippen molar-refractivity contribution in [1.29, 1.82) is 0 Å². The molecule has 11 nitrogen and oxygen atoms in total. The van der Waals surface area contributed by atoms with Crippen LogP contribution in [0, 0.1) is 0 Å². The normalized spacial score (nSPS) is 13.0. The van der Waals surface area contributed by atoms with Gasteiger partial charge in [-0.15, -0.1) is 0 Å². The first-order valence-electron chi connectivity index (χ1n) is 6.85. The minimum atomic E-state index is -4.66. The van der Waals surface area contributed by atoms with Gasteiger partial charge >= 0.3 is 6.18 Å². The summed E-state index contributed by atoms with van der Waals surface area (Å²) in [6.45, 7) is -0.0336. The van der Waals surface area contributed by atoms with Crippen molar-refractivity contribution in [2.24, 2.45) is 10.1 Å². The molecule has 5 N–H and O–H groups in total. The molecule has 0 bridgehead atoms. The topological polar surface area (TPSA) is 169 Å². The molecule has 16 heteroatoms. The second-order valence-electron chi connectivity index (χ2n) is 4.68. The van der Waals surface area contributed by atoms with Gasteiger partial charge in [0.25, 0.3) is 10.2 Å². The van der Waals surface area contributed by atoms with Gasteiger partial charge in [-0.1, -0.05) is 11.8 Å². The Balaban J connectivity index is 2.19. The average molecular weight is 427 g/mol. The molecule has 0 atom stereocenters. The highest BCUT2D eigenvalue weighted by Gasteiger charge is 2.32. The van der Waals surface area contributed by atoms with E-state index in [4.69, 9.17) is 5.14 Å². The summed E-state index contributed by atoms with van der Waals surface area (Å²) in [7, 11) is -3.85. The first kappa shape index (κ1) is 21.0. The zero-order valence-electron chi connectivity index (χ0n) is 13.1. The number of nitrogens with two attached hydrogens (primary N) is 1. The average Bonchev–Trinajstić information content (AvgIpc) is 3.03. The lowest BCUT2D eigenvalue weighted by Crippen LogP contribution is -2.32. The van der Waals surface area contributed by atoms with Crippen molar-refractivity contribution < 1.29 is 31.4 Å². The standard InChI is InChI=1S/C11H12F3N7O4S2/c12-11(13,14)7-5-6(1-2-16-7)18-9(19-22)8-10(21-25-20-8)26-4-3-17-27(15,23)24/h1-2,5,17,22H,3-4H2,(H2,15,23,24)(H,16,18,19). The van der Waals surface area contributed by atoms with Gasteiger partial charge in [0, 0.05) is 18.5 Å².